The maximum Gasteiger partial charge on any atom is 0.343 e. The number of aliphatic carboxylic acids is 2. The van der Waals surface area contributed by atoms with E-state index in [4.69, 9.17) is 255 Å². The van der Waals surface area contributed by atoms with Gasteiger partial charge in [0.25, 0.3) is 0 Å². The molecule has 0 saturated heterocycles. The van der Waals surface area contributed by atoms with Crippen LogP contribution in [-0.4, -0.2) is 69.8 Å². The van der Waals surface area contributed by atoms with Crippen LogP contribution < -0.4 is 0 Å². The molecule has 0 aliphatic carbocycles. The van der Waals surface area contributed by atoms with Crippen LogP contribution in [0.4, 0.5) is 0 Å². The lowest BCUT2D eigenvalue weighted by Gasteiger charge is -2.56. The van der Waals surface area contributed by atoms with Crippen LogP contribution in [0, 0.1) is 0 Å². The molecule has 0 aliphatic rings. The molecule has 0 heterocycles. The Kier molecular flexibility index (Phi) is 14.7. The van der Waals surface area contributed by atoms with Gasteiger partial charge in [0.2, 0.25) is 8.67 Å². The first-order chi connectivity index (χ1) is 16.4. The van der Waals surface area contributed by atoms with E-state index >= 15 is 0 Å². The first-order valence-electron chi connectivity index (χ1n) is 8.01. The maximum absolute atomic E-state index is 11.6. The van der Waals surface area contributed by atoms with Gasteiger partial charge in [0, 0.05) is 0 Å². The van der Waals surface area contributed by atoms with Gasteiger partial charge in [0.15, 0.2) is 39.0 Å². The molecule has 0 aliphatic heterocycles. The molecule has 0 bridgehead atoms. The van der Waals surface area contributed by atoms with Crippen molar-refractivity contribution in [1.82, 2.24) is 0 Å². The predicted molar refractivity (Wildman–Crippen MR) is 174 cm³/mol. The maximum atomic E-state index is 11.6. The molecule has 0 rings (SSSR count). The number of carboxylic acids is 2. The fourth-order valence-electron chi connectivity index (χ4n) is 2.04. The standard InChI is InChI=1S/C13H2Cl22O4/c14-3(15,1(36)37)5(18,19)7(22,23)9(26,27)11(30,31)13(34,35)12(32,33)10(28,29)8(24,25)6(20,21)4(16,17)2(38)39/h(H,36,37)(H,38,39). The molecule has 0 aromatic heterocycles. The van der Waals surface area contributed by atoms with E-state index < -0.39 is 59.6 Å². The van der Waals surface area contributed by atoms with Crippen molar-refractivity contribution in [2.75, 3.05) is 0 Å². The third-order valence-corrected chi connectivity index (χ3v) is 20.3. The average Bonchev–Trinajstić information content (AvgIpc) is 2.71. The molecule has 232 valence electrons. The summed E-state index contributed by atoms with van der Waals surface area (Å²) in [4.78, 5) is 23.1. The van der Waals surface area contributed by atoms with Crippen LogP contribution in [-0.2, 0) is 9.59 Å². The molecule has 2 N–H and O–H groups in total. The van der Waals surface area contributed by atoms with Crippen molar-refractivity contribution in [2.45, 2.75) is 47.7 Å². The lowest BCUT2D eigenvalue weighted by atomic mass is 9.98. The van der Waals surface area contributed by atoms with E-state index in [1.165, 1.54) is 0 Å². The Balaban J connectivity index is 7.34. The van der Waals surface area contributed by atoms with Gasteiger partial charge < -0.3 is 10.2 Å². The van der Waals surface area contributed by atoms with E-state index in [-0.39, 0.29) is 0 Å². The fourth-order valence-corrected chi connectivity index (χ4v) is 9.21. The van der Waals surface area contributed by atoms with Crippen LogP contribution in [0.1, 0.15) is 0 Å². The molecule has 39 heavy (non-hydrogen) atoms. The summed E-state index contributed by atoms with van der Waals surface area (Å²) in [5.74, 6) is -4.27. The Morgan fingerprint density at radius 2 is 0.385 bits per heavy atom. The Morgan fingerprint density at radius 1 is 0.282 bits per heavy atom. The second kappa shape index (κ2) is 13.0. The molecule has 0 amide bonds. The molecule has 0 fully saturated rings. The zero-order valence-electron chi connectivity index (χ0n) is 16.5. The van der Waals surface area contributed by atoms with E-state index in [1.807, 2.05) is 0 Å². The third kappa shape index (κ3) is 6.42. The molecule has 4 nitrogen and oxygen atoms in total. The number of halogens is 22. The molecule has 0 aromatic rings. The molecule has 0 aromatic carbocycles. The zero-order valence-corrected chi connectivity index (χ0v) is 33.2. The van der Waals surface area contributed by atoms with Gasteiger partial charge in [-0.05, 0) is 0 Å². The van der Waals surface area contributed by atoms with Crippen molar-refractivity contribution >= 4 is 267 Å². The first kappa shape index (κ1) is 44.3. The van der Waals surface area contributed by atoms with Crippen LogP contribution in [0.2, 0.25) is 0 Å². The third-order valence-electron chi connectivity index (χ3n) is 4.48. The highest BCUT2D eigenvalue weighted by atomic mass is 35.6. The lowest BCUT2D eigenvalue weighted by Crippen LogP contribution is -2.74. The monoisotopic (exact) mass is 991 g/mol. The van der Waals surface area contributed by atoms with Crippen molar-refractivity contribution in [3.8, 4) is 0 Å². The van der Waals surface area contributed by atoms with Gasteiger partial charge in [-0.2, -0.15) is 0 Å². The largest absolute Gasteiger partial charge is 0.479 e. The highest BCUT2D eigenvalue weighted by molar-refractivity contribution is 6.83. The molecular formula is C13H2Cl22O4. The summed E-state index contributed by atoms with van der Waals surface area (Å²) in [6.07, 6.45) is 0. The minimum Gasteiger partial charge on any atom is -0.479 e. The molecule has 0 atom stereocenters. The van der Waals surface area contributed by atoms with Gasteiger partial charge in [-0.1, -0.05) is 255 Å². The van der Waals surface area contributed by atoms with Crippen molar-refractivity contribution in [2.24, 2.45) is 0 Å². The van der Waals surface area contributed by atoms with E-state index in [2.05, 4.69) is 0 Å². The number of alkyl halides is 22. The number of carbonyl (C=O) groups is 2. The summed E-state index contributed by atoms with van der Waals surface area (Å²) in [6.45, 7) is 0. The molecular weight excluding hydrogens is 1000 g/mol. The smallest absolute Gasteiger partial charge is 0.343 e. The molecule has 0 saturated carbocycles. The second-order valence-corrected chi connectivity index (χ2v) is 21.5. The number of hydrogen-bond donors (Lipinski definition) is 2. The van der Waals surface area contributed by atoms with Gasteiger partial charge in [-0.3, -0.25) is 0 Å². The minimum absolute atomic E-state index is 2.13. The number of carboxylic acid groups (broad SMARTS) is 2. The fraction of sp³-hybridized carbons (Fsp3) is 0.846. The minimum atomic E-state index is -3.52. The highest BCUT2D eigenvalue weighted by Gasteiger charge is 2.85. The van der Waals surface area contributed by atoms with E-state index in [9.17, 15) is 19.8 Å². The Morgan fingerprint density at radius 3 is 0.487 bits per heavy atom. The van der Waals surface area contributed by atoms with Crippen LogP contribution >= 0.6 is 255 Å². The first-order valence-corrected chi connectivity index (χ1v) is 16.3. The topological polar surface area (TPSA) is 74.6 Å². The Bertz CT molecular complexity index is 904. The van der Waals surface area contributed by atoms with Gasteiger partial charge >= 0.3 is 11.9 Å². The van der Waals surface area contributed by atoms with Crippen LogP contribution in [0.3, 0.4) is 0 Å². The van der Waals surface area contributed by atoms with Gasteiger partial charge in [-0.25, -0.2) is 9.59 Å². The average molecular weight is 1000 g/mol. The summed E-state index contributed by atoms with van der Waals surface area (Å²) >= 11 is 134. The molecule has 0 radical (unpaired) electrons. The van der Waals surface area contributed by atoms with E-state index in [0.29, 0.717) is 0 Å². The summed E-state index contributed by atoms with van der Waals surface area (Å²) in [6, 6.07) is 0. The van der Waals surface area contributed by atoms with E-state index in [0.717, 1.165) is 0 Å². The molecule has 0 unspecified atom stereocenters. The summed E-state index contributed by atoms with van der Waals surface area (Å²) in [5.41, 5.74) is 0. The van der Waals surface area contributed by atoms with Crippen LogP contribution in [0.25, 0.3) is 0 Å². The molecule has 26 heteroatoms. The highest BCUT2D eigenvalue weighted by Crippen LogP contribution is 2.75. The van der Waals surface area contributed by atoms with Crippen molar-refractivity contribution < 1.29 is 19.8 Å². The Hall–Kier alpha value is 5.32. The molecule has 0 spiro atoms. The number of hydrogen-bond acceptors (Lipinski definition) is 2. The predicted octanol–water partition coefficient (Wildman–Crippen LogP) is 12.1. The zero-order chi connectivity index (χ0) is 32.7. The van der Waals surface area contributed by atoms with Crippen molar-refractivity contribution in [3.05, 3.63) is 0 Å². The Labute approximate surface area is 330 Å². The van der Waals surface area contributed by atoms with E-state index in [1.54, 1.807) is 0 Å². The van der Waals surface area contributed by atoms with Crippen molar-refractivity contribution in [1.29, 1.82) is 0 Å². The number of rotatable bonds is 12. The SMILES string of the molecule is O=C(O)C(Cl)(Cl)C(Cl)(Cl)C(Cl)(Cl)C(Cl)(Cl)C(Cl)(Cl)C(Cl)(Cl)C(Cl)(Cl)C(Cl)(Cl)C(Cl)(Cl)C(Cl)(Cl)C(Cl)(Cl)C(=O)O. The second-order valence-electron chi connectivity index (χ2n) is 6.93. The van der Waals surface area contributed by atoms with Crippen molar-refractivity contribution in [3.63, 3.8) is 0 Å². The normalized spacial score (nSPS) is 16.4. The van der Waals surface area contributed by atoms with Gasteiger partial charge in [0.05, 0.1) is 0 Å². The summed E-state index contributed by atoms with van der Waals surface area (Å²) in [5, 5.41) is 18.7. The van der Waals surface area contributed by atoms with Gasteiger partial charge in [0.1, 0.15) is 0 Å². The van der Waals surface area contributed by atoms with Crippen LogP contribution in [0.15, 0.2) is 0 Å². The lowest BCUT2D eigenvalue weighted by molar-refractivity contribution is -0.139. The van der Waals surface area contributed by atoms with Crippen LogP contribution in [0.5, 0.6) is 0 Å². The summed E-state index contributed by atoms with van der Waals surface area (Å²) in [7, 11) is 0. The summed E-state index contributed by atoms with van der Waals surface area (Å²) < 4.78 is -37.7. The van der Waals surface area contributed by atoms with Gasteiger partial charge in [-0.15, -0.1) is 0 Å². The quantitative estimate of drug-likeness (QED) is 0.191.